The van der Waals surface area contributed by atoms with Gasteiger partial charge in [0, 0.05) is 25.2 Å². The molecular weight excluding hydrogens is 232 g/mol. The van der Waals surface area contributed by atoms with Crippen LogP contribution in [0.5, 0.6) is 5.88 Å². The summed E-state index contributed by atoms with van der Waals surface area (Å²) < 4.78 is 10.8. The van der Waals surface area contributed by atoms with Crippen molar-refractivity contribution < 1.29 is 9.47 Å². The van der Waals surface area contributed by atoms with Gasteiger partial charge in [-0.3, -0.25) is 0 Å². The number of nitrogens with zero attached hydrogens (tertiary/aromatic N) is 3. The smallest absolute Gasteiger partial charge is 0.218 e. The second kappa shape index (κ2) is 5.49. The molecule has 18 heavy (non-hydrogen) atoms. The highest BCUT2D eigenvalue weighted by molar-refractivity contribution is 5.42. The lowest BCUT2D eigenvalue weighted by atomic mass is 10.1. The van der Waals surface area contributed by atoms with E-state index >= 15 is 0 Å². The Labute approximate surface area is 107 Å². The van der Waals surface area contributed by atoms with E-state index in [9.17, 15) is 0 Å². The summed E-state index contributed by atoms with van der Waals surface area (Å²) in [6, 6.07) is 1.86. The van der Waals surface area contributed by atoms with E-state index in [1.165, 1.54) is 0 Å². The van der Waals surface area contributed by atoms with Crippen molar-refractivity contribution in [3.05, 3.63) is 11.9 Å². The molecule has 2 atom stereocenters. The second-order valence-corrected chi connectivity index (χ2v) is 4.53. The number of methoxy groups -OCH3 is 1. The first-order valence-corrected chi connectivity index (χ1v) is 6.12. The third-order valence-electron chi connectivity index (χ3n) is 3.01. The molecule has 1 aromatic rings. The zero-order chi connectivity index (χ0) is 13.1. The van der Waals surface area contributed by atoms with Crippen molar-refractivity contribution in [1.82, 2.24) is 9.97 Å². The molecule has 0 amide bonds. The highest BCUT2D eigenvalue weighted by Gasteiger charge is 2.24. The van der Waals surface area contributed by atoms with Gasteiger partial charge in [0.2, 0.25) is 5.88 Å². The van der Waals surface area contributed by atoms with Crippen molar-refractivity contribution in [2.45, 2.75) is 26.0 Å². The lowest BCUT2D eigenvalue weighted by Crippen LogP contribution is -2.49. The Morgan fingerprint density at radius 2 is 2.33 bits per heavy atom. The highest BCUT2D eigenvalue weighted by atomic mass is 16.5. The highest BCUT2D eigenvalue weighted by Crippen LogP contribution is 2.20. The molecule has 1 fully saturated rings. The third kappa shape index (κ3) is 2.88. The number of anilines is 1. The fourth-order valence-electron chi connectivity index (χ4n) is 1.99. The molecule has 2 N–H and O–H groups in total. The van der Waals surface area contributed by atoms with Crippen molar-refractivity contribution in [3.8, 4) is 5.88 Å². The van der Waals surface area contributed by atoms with Gasteiger partial charge in [0.1, 0.15) is 11.6 Å². The summed E-state index contributed by atoms with van der Waals surface area (Å²) in [6.45, 7) is 6.03. The van der Waals surface area contributed by atoms with Gasteiger partial charge in [-0.05, 0) is 13.8 Å². The normalized spacial score (nSPS) is 21.8. The van der Waals surface area contributed by atoms with Crippen LogP contribution in [0.3, 0.4) is 0 Å². The fraction of sp³-hybridized carbons (Fsp3) is 0.667. The number of rotatable bonds is 3. The lowest BCUT2D eigenvalue weighted by molar-refractivity contribution is 0.0273. The first-order valence-electron chi connectivity index (χ1n) is 6.12. The number of ether oxygens (including phenoxy) is 2. The molecule has 1 aliphatic heterocycles. The molecule has 1 aromatic heterocycles. The molecule has 1 aliphatic rings. The molecule has 100 valence electrons. The van der Waals surface area contributed by atoms with Crippen LogP contribution in [-0.2, 0) is 4.74 Å². The van der Waals surface area contributed by atoms with E-state index in [2.05, 4.69) is 14.9 Å². The molecule has 0 spiro atoms. The summed E-state index contributed by atoms with van der Waals surface area (Å²) in [7, 11) is 1.61. The molecule has 2 rings (SSSR count). The number of hydrogen-bond donors (Lipinski definition) is 1. The van der Waals surface area contributed by atoms with Crippen LogP contribution >= 0.6 is 0 Å². The van der Waals surface area contributed by atoms with Crippen molar-refractivity contribution >= 4 is 5.82 Å². The molecule has 0 saturated carbocycles. The van der Waals surface area contributed by atoms with Gasteiger partial charge < -0.3 is 20.1 Å². The maximum atomic E-state index is 5.88. The summed E-state index contributed by atoms with van der Waals surface area (Å²) in [5.41, 5.74) is 5.88. The van der Waals surface area contributed by atoms with E-state index in [1.54, 1.807) is 7.11 Å². The van der Waals surface area contributed by atoms with Crippen LogP contribution in [0.25, 0.3) is 0 Å². The molecule has 6 heteroatoms. The minimum Gasteiger partial charge on any atom is -0.481 e. The summed E-state index contributed by atoms with van der Waals surface area (Å²) in [5, 5.41) is 0. The van der Waals surface area contributed by atoms with Crippen molar-refractivity contribution in [2.24, 2.45) is 5.73 Å². The predicted molar refractivity (Wildman–Crippen MR) is 68.9 cm³/mol. The van der Waals surface area contributed by atoms with E-state index in [1.807, 2.05) is 19.9 Å². The Balaban J connectivity index is 2.17. The predicted octanol–water partition coefficient (Wildman–Crippen LogP) is 0.346. The van der Waals surface area contributed by atoms with E-state index < -0.39 is 0 Å². The van der Waals surface area contributed by atoms with Crippen LogP contribution < -0.4 is 15.4 Å². The van der Waals surface area contributed by atoms with Crippen LogP contribution in [0.15, 0.2) is 6.07 Å². The maximum absolute atomic E-state index is 5.88. The molecule has 0 aromatic carbocycles. The lowest BCUT2D eigenvalue weighted by Gasteiger charge is -2.35. The summed E-state index contributed by atoms with van der Waals surface area (Å²) >= 11 is 0. The first kappa shape index (κ1) is 13.0. The number of nitrogens with two attached hydrogens (primary N) is 1. The van der Waals surface area contributed by atoms with Crippen LogP contribution in [-0.4, -0.2) is 48.9 Å². The molecule has 0 bridgehead atoms. The van der Waals surface area contributed by atoms with Gasteiger partial charge in [-0.1, -0.05) is 0 Å². The molecule has 6 nitrogen and oxygen atoms in total. The van der Waals surface area contributed by atoms with Gasteiger partial charge in [0.15, 0.2) is 0 Å². The molecule has 0 radical (unpaired) electrons. The van der Waals surface area contributed by atoms with Gasteiger partial charge in [-0.2, -0.15) is 4.98 Å². The van der Waals surface area contributed by atoms with Crippen LogP contribution in [0, 0.1) is 6.92 Å². The van der Waals surface area contributed by atoms with E-state index in [0.29, 0.717) is 18.3 Å². The molecule has 2 unspecified atom stereocenters. The van der Waals surface area contributed by atoms with Gasteiger partial charge >= 0.3 is 0 Å². The molecule has 2 heterocycles. The average molecular weight is 252 g/mol. The average Bonchev–Trinajstić information content (AvgIpc) is 2.38. The second-order valence-electron chi connectivity index (χ2n) is 4.53. The Hall–Kier alpha value is -1.40. The maximum Gasteiger partial charge on any atom is 0.218 e. The van der Waals surface area contributed by atoms with Crippen molar-refractivity contribution in [1.29, 1.82) is 0 Å². The van der Waals surface area contributed by atoms with Gasteiger partial charge in [-0.15, -0.1) is 0 Å². The standard InChI is InChI=1S/C12H20N4O2/c1-8(13)10-7-16(4-5-18-10)11-6-12(17-3)15-9(2)14-11/h6,8,10H,4-5,7,13H2,1-3H3. The number of aryl methyl sites for hydroxylation is 1. The Bertz CT molecular complexity index is 411. The summed E-state index contributed by atoms with van der Waals surface area (Å²) in [4.78, 5) is 10.8. The fourth-order valence-corrected chi connectivity index (χ4v) is 1.99. The largest absolute Gasteiger partial charge is 0.481 e. The number of morpholine rings is 1. The van der Waals surface area contributed by atoms with Crippen LogP contribution in [0.4, 0.5) is 5.82 Å². The first-order chi connectivity index (χ1) is 8.60. The van der Waals surface area contributed by atoms with E-state index in [4.69, 9.17) is 15.2 Å². The van der Waals surface area contributed by atoms with Gasteiger partial charge in [0.25, 0.3) is 0 Å². The van der Waals surface area contributed by atoms with E-state index in [-0.39, 0.29) is 12.1 Å². The zero-order valence-corrected chi connectivity index (χ0v) is 11.1. The summed E-state index contributed by atoms with van der Waals surface area (Å²) in [6.07, 6.45) is 0.0417. The van der Waals surface area contributed by atoms with Gasteiger partial charge in [0.05, 0.1) is 19.8 Å². The van der Waals surface area contributed by atoms with Gasteiger partial charge in [-0.25, -0.2) is 4.98 Å². The van der Waals surface area contributed by atoms with Crippen molar-refractivity contribution in [3.63, 3.8) is 0 Å². The Morgan fingerprint density at radius 3 is 3.00 bits per heavy atom. The minimum atomic E-state index is 0.0117. The Morgan fingerprint density at radius 1 is 1.56 bits per heavy atom. The molecular formula is C12H20N4O2. The number of aromatic nitrogens is 2. The van der Waals surface area contributed by atoms with E-state index in [0.717, 1.165) is 18.9 Å². The molecule has 1 saturated heterocycles. The zero-order valence-electron chi connectivity index (χ0n) is 11.1. The van der Waals surface area contributed by atoms with Crippen LogP contribution in [0.1, 0.15) is 12.7 Å². The monoisotopic (exact) mass is 252 g/mol. The molecule has 0 aliphatic carbocycles. The third-order valence-corrected chi connectivity index (χ3v) is 3.01. The summed E-state index contributed by atoms with van der Waals surface area (Å²) in [5.74, 6) is 2.16. The minimum absolute atomic E-state index is 0.0117. The van der Waals surface area contributed by atoms with Crippen molar-refractivity contribution in [2.75, 3.05) is 31.7 Å². The quantitative estimate of drug-likeness (QED) is 0.836. The Kier molecular flexibility index (Phi) is 3.98. The van der Waals surface area contributed by atoms with Crippen LogP contribution in [0.2, 0.25) is 0 Å². The number of hydrogen-bond acceptors (Lipinski definition) is 6. The SMILES string of the molecule is COc1cc(N2CCOC(C(C)N)C2)nc(C)n1. The topological polar surface area (TPSA) is 73.5 Å².